The van der Waals surface area contributed by atoms with Gasteiger partial charge >= 0.3 is 5.97 Å². The number of carbonyl (C=O) groups is 1. The number of fused-ring (bicyclic) bond motifs is 1. The van der Waals surface area contributed by atoms with E-state index < -0.39 is 5.97 Å². The smallest absolute Gasteiger partial charge is 0.358 e. The maximum atomic E-state index is 12.2. The predicted octanol–water partition coefficient (Wildman–Crippen LogP) is 3.44. The molecule has 0 bridgehead atoms. The van der Waals surface area contributed by atoms with Crippen LogP contribution in [-0.4, -0.2) is 42.4 Å². The first-order chi connectivity index (χ1) is 14.6. The van der Waals surface area contributed by atoms with Crippen molar-refractivity contribution in [2.24, 2.45) is 0 Å². The Morgan fingerprint density at radius 3 is 2.73 bits per heavy atom. The first-order valence-corrected chi connectivity index (χ1v) is 9.90. The highest BCUT2D eigenvalue weighted by Gasteiger charge is 2.14. The number of ether oxygens (including phenoxy) is 1. The summed E-state index contributed by atoms with van der Waals surface area (Å²) in [5.74, 6) is 0.863. The fraction of sp³-hybridized carbons (Fsp3) is 0.273. The normalized spacial score (nSPS) is 11.0. The highest BCUT2D eigenvalue weighted by molar-refractivity contribution is 5.87. The van der Waals surface area contributed by atoms with Gasteiger partial charge in [-0.1, -0.05) is 31.5 Å². The van der Waals surface area contributed by atoms with E-state index in [1.807, 2.05) is 38.1 Å². The molecule has 3 aromatic heterocycles. The van der Waals surface area contributed by atoms with Crippen molar-refractivity contribution in [3.05, 3.63) is 71.4 Å². The van der Waals surface area contributed by atoms with Crippen molar-refractivity contribution in [2.75, 3.05) is 6.61 Å². The largest absolute Gasteiger partial charge is 0.461 e. The summed E-state index contributed by atoms with van der Waals surface area (Å²) in [6.07, 6.45) is 5.88. The predicted molar refractivity (Wildman–Crippen MR) is 111 cm³/mol. The Balaban J connectivity index is 1.58. The van der Waals surface area contributed by atoms with Gasteiger partial charge in [0.15, 0.2) is 23.0 Å². The van der Waals surface area contributed by atoms with Crippen LogP contribution in [0.2, 0.25) is 0 Å². The number of benzene rings is 1. The van der Waals surface area contributed by atoms with Crippen molar-refractivity contribution in [1.29, 1.82) is 0 Å². The van der Waals surface area contributed by atoms with E-state index in [4.69, 9.17) is 4.74 Å². The van der Waals surface area contributed by atoms with E-state index in [1.165, 1.54) is 0 Å². The maximum absolute atomic E-state index is 12.2. The van der Waals surface area contributed by atoms with E-state index in [0.717, 1.165) is 29.5 Å². The average Bonchev–Trinajstić information content (AvgIpc) is 3.16. The zero-order chi connectivity index (χ0) is 20.9. The van der Waals surface area contributed by atoms with Crippen molar-refractivity contribution in [3.63, 3.8) is 0 Å². The van der Waals surface area contributed by atoms with Gasteiger partial charge in [-0.15, -0.1) is 10.2 Å². The minimum atomic E-state index is -0.441. The molecule has 30 heavy (non-hydrogen) atoms. The minimum absolute atomic E-state index is 0.237. The van der Waals surface area contributed by atoms with Crippen LogP contribution in [-0.2, 0) is 11.2 Å². The quantitative estimate of drug-likeness (QED) is 0.345. The summed E-state index contributed by atoms with van der Waals surface area (Å²) in [4.78, 5) is 21.0. The highest BCUT2D eigenvalue weighted by atomic mass is 16.5. The molecule has 4 rings (SSSR count). The number of esters is 1. The van der Waals surface area contributed by atoms with E-state index in [9.17, 15) is 4.79 Å². The number of unbranched alkanes of at least 4 members (excludes halogenated alkanes) is 1. The number of rotatable bonds is 7. The molecule has 4 aromatic rings. The van der Waals surface area contributed by atoms with Crippen LogP contribution in [0.5, 0.6) is 0 Å². The number of carbonyl (C=O) groups excluding carboxylic acids is 1. The van der Waals surface area contributed by atoms with Crippen molar-refractivity contribution in [3.8, 4) is 11.4 Å². The molecule has 0 N–H and O–H groups in total. The minimum Gasteiger partial charge on any atom is -0.461 e. The summed E-state index contributed by atoms with van der Waals surface area (Å²) in [5.41, 5.74) is 3.77. The SMILES string of the molecule is CCCCOC(=O)c1ccc2nnc(Cc3cccc(-c4ncc(C)cn4)c3)n2n1. The Kier molecular flexibility index (Phi) is 5.74. The topological polar surface area (TPSA) is 95.2 Å². The van der Waals surface area contributed by atoms with Crippen LogP contribution in [0.25, 0.3) is 17.0 Å². The lowest BCUT2D eigenvalue weighted by molar-refractivity contribution is 0.0491. The number of aromatic nitrogens is 6. The summed E-state index contributed by atoms with van der Waals surface area (Å²) >= 11 is 0. The second kappa shape index (κ2) is 8.77. The third-order valence-corrected chi connectivity index (χ3v) is 4.60. The van der Waals surface area contributed by atoms with Crippen molar-refractivity contribution in [2.45, 2.75) is 33.1 Å². The van der Waals surface area contributed by atoms with Gasteiger partial charge in [0.25, 0.3) is 0 Å². The molecule has 8 heteroatoms. The van der Waals surface area contributed by atoms with E-state index in [2.05, 4.69) is 25.3 Å². The summed E-state index contributed by atoms with van der Waals surface area (Å²) in [5, 5.41) is 12.8. The van der Waals surface area contributed by atoms with Gasteiger partial charge in [-0.05, 0) is 42.7 Å². The monoisotopic (exact) mass is 402 g/mol. The number of hydrogen-bond acceptors (Lipinski definition) is 7. The number of aryl methyl sites for hydroxylation is 1. The average molecular weight is 402 g/mol. The molecule has 3 heterocycles. The second-order valence-electron chi connectivity index (χ2n) is 7.06. The van der Waals surface area contributed by atoms with Gasteiger partial charge < -0.3 is 4.74 Å². The third kappa shape index (κ3) is 4.32. The molecular formula is C22H22N6O2. The summed E-state index contributed by atoms with van der Waals surface area (Å²) in [6.45, 7) is 4.39. The molecule has 152 valence electrons. The fourth-order valence-corrected chi connectivity index (χ4v) is 2.98. The van der Waals surface area contributed by atoms with Gasteiger partial charge in [0.1, 0.15) is 0 Å². The van der Waals surface area contributed by atoms with Crippen LogP contribution < -0.4 is 0 Å². The van der Waals surface area contributed by atoms with Gasteiger partial charge in [0.2, 0.25) is 0 Å². The Labute approximate surface area is 174 Å². The van der Waals surface area contributed by atoms with Crippen LogP contribution in [0.1, 0.15) is 47.2 Å². The lowest BCUT2D eigenvalue weighted by Gasteiger charge is -2.06. The lowest BCUT2D eigenvalue weighted by Crippen LogP contribution is -2.11. The fourth-order valence-electron chi connectivity index (χ4n) is 2.98. The van der Waals surface area contributed by atoms with Crippen molar-refractivity contribution in [1.82, 2.24) is 29.8 Å². The molecule has 0 spiro atoms. The van der Waals surface area contributed by atoms with Crippen LogP contribution in [0.4, 0.5) is 0 Å². The standard InChI is InChI=1S/C22H22N6O2/c1-3-4-10-30-22(29)18-8-9-19-25-26-20(28(19)27-18)12-16-6-5-7-17(11-16)21-23-13-15(2)14-24-21/h5-9,11,13-14H,3-4,10,12H2,1-2H3. The molecule has 0 aliphatic carbocycles. The number of hydrogen-bond donors (Lipinski definition) is 0. The van der Waals surface area contributed by atoms with Gasteiger partial charge in [-0.25, -0.2) is 14.8 Å². The molecule has 0 atom stereocenters. The summed E-state index contributed by atoms with van der Waals surface area (Å²) in [6, 6.07) is 11.3. The van der Waals surface area contributed by atoms with Crippen LogP contribution in [0.15, 0.2) is 48.8 Å². The molecular weight excluding hydrogens is 380 g/mol. The molecule has 0 saturated heterocycles. The summed E-state index contributed by atoms with van der Waals surface area (Å²) < 4.78 is 6.84. The van der Waals surface area contributed by atoms with E-state index in [1.54, 1.807) is 29.0 Å². The molecule has 0 amide bonds. The molecule has 0 aliphatic heterocycles. The van der Waals surface area contributed by atoms with Gasteiger partial charge in [0.05, 0.1) is 6.61 Å². The Morgan fingerprint density at radius 2 is 1.93 bits per heavy atom. The third-order valence-electron chi connectivity index (χ3n) is 4.60. The van der Waals surface area contributed by atoms with Crippen molar-refractivity contribution >= 4 is 11.6 Å². The maximum Gasteiger partial charge on any atom is 0.358 e. The summed E-state index contributed by atoms with van der Waals surface area (Å²) in [7, 11) is 0. The molecule has 0 saturated carbocycles. The van der Waals surface area contributed by atoms with Gasteiger partial charge in [-0.3, -0.25) is 0 Å². The molecule has 0 radical (unpaired) electrons. The van der Waals surface area contributed by atoms with Crippen molar-refractivity contribution < 1.29 is 9.53 Å². The Morgan fingerprint density at radius 1 is 1.10 bits per heavy atom. The first kappa shape index (κ1) is 19.6. The molecule has 0 unspecified atom stereocenters. The van der Waals surface area contributed by atoms with Gasteiger partial charge in [-0.2, -0.15) is 9.61 Å². The zero-order valence-electron chi connectivity index (χ0n) is 16.9. The Hall–Kier alpha value is -3.68. The molecule has 8 nitrogen and oxygen atoms in total. The van der Waals surface area contributed by atoms with E-state index in [0.29, 0.717) is 30.3 Å². The Bertz CT molecular complexity index is 1170. The van der Waals surface area contributed by atoms with E-state index in [-0.39, 0.29) is 5.69 Å². The van der Waals surface area contributed by atoms with E-state index >= 15 is 0 Å². The van der Waals surface area contributed by atoms with Crippen LogP contribution >= 0.6 is 0 Å². The first-order valence-electron chi connectivity index (χ1n) is 9.90. The lowest BCUT2D eigenvalue weighted by atomic mass is 10.1. The van der Waals surface area contributed by atoms with Gasteiger partial charge in [0, 0.05) is 24.4 Å². The second-order valence-corrected chi connectivity index (χ2v) is 7.06. The molecule has 0 fully saturated rings. The zero-order valence-corrected chi connectivity index (χ0v) is 16.9. The number of nitrogens with zero attached hydrogens (tertiary/aromatic N) is 6. The van der Waals surface area contributed by atoms with Crippen LogP contribution in [0, 0.1) is 6.92 Å². The highest BCUT2D eigenvalue weighted by Crippen LogP contribution is 2.18. The molecule has 1 aromatic carbocycles. The van der Waals surface area contributed by atoms with Crippen LogP contribution in [0.3, 0.4) is 0 Å². The molecule has 0 aliphatic rings.